The fraction of sp³-hybridized carbons (Fsp3) is 0.280. The maximum absolute atomic E-state index is 10.4. The summed E-state index contributed by atoms with van der Waals surface area (Å²) in [6.45, 7) is 4.86. The van der Waals surface area contributed by atoms with E-state index in [1.807, 2.05) is 6.07 Å². The molecule has 3 aromatic rings. The van der Waals surface area contributed by atoms with E-state index in [-0.39, 0.29) is 12.0 Å². The van der Waals surface area contributed by atoms with Crippen molar-refractivity contribution in [1.82, 2.24) is 4.90 Å². The molecule has 3 aromatic carbocycles. The van der Waals surface area contributed by atoms with Gasteiger partial charge in [0.1, 0.15) is 0 Å². The van der Waals surface area contributed by atoms with E-state index in [9.17, 15) is 5.11 Å². The lowest BCUT2D eigenvalue weighted by Gasteiger charge is -2.37. The van der Waals surface area contributed by atoms with Crippen LogP contribution in [0.2, 0.25) is 0 Å². The van der Waals surface area contributed by atoms with Crippen molar-refractivity contribution in [2.24, 2.45) is 0 Å². The second-order valence-electron chi connectivity index (χ2n) is 7.27. The Hall–Kier alpha value is -2.42. The average Bonchev–Trinajstić information content (AvgIpc) is 2.74. The lowest BCUT2D eigenvalue weighted by Crippen LogP contribution is -2.42. The van der Waals surface area contributed by atoms with Gasteiger partial charge in [-0.2, -0.15) is 0 Å². The standard InChI is InChI=1S/C25H29NO/c1-2-25(21-27,24-16-10-5-11-17-24)20-26(18-22-12-6-3-7-13-22)19-23-14-8-4-9-15-23/h3-17,27H,2,18-21H2,1H3/t25-/m1/s1. The molecule has 0 saturated heterocycles. The largest absolute Gasteiger partial charge is 0.395 e. The summed E-state index contributed by atoms with van der Waals surface area (Å²) in [6, 6.07) is 31.6. The van der Waals surface area contributed by atoms with Gasteiger partial charge in [-0.25, -0.2) is 0 Å². The third-order valence-corrected chi connectivity index (χ3v) is 5.39. The highest BCUT2D eigenvalue weighted by molar-refractivity contribution is 5.27. The Labute approximate surface area is 163 Å². The van der Waals surface area contributed by atoms with Crippen molar-refractivity contribution in [2.75, 3.05) is 13.2 Å². The first-order chi connectivity index (χ1) is 13.3. The Balaban J connectivity index is 1.88. The molecule has 0 aliphatic heterocycles. The third-order valence-electron chi connectivity index (χ3n) is 5.39. The van der Waals surface area contributed by atoms with Gasteiger partial charge >= 0.3 is 0 Å². The predicted molar refractivity (Wildman–Crippen MR) is 112 cm³/mol. The van der Waals surface area contributed by atoms with Crippen LogP contribution in [0.15, 0.2) is 91.0 Å². The quantitative estimate of drug-likeness (QED) is 0.579. The van der Waals surface area contributed by atoms with Gasteiger partial charge in [-0.15, -0.1) is 0 Å². The number of hydrogen-bond donors (Lipinski definition) is 1. The maximum atomic E-state index is 10.4. The number of hydrogen-bond acceptors (Lipinski definition) is 2. The summed E-state index contributed by atoms with van der Waals surface area (Å²) in [4.78, 5) is 2.46. The molecule has 0 bridgehead atoms. The Kier molecular flexibility index (Phi) is 6.80. The van der Waals surface area contributed by atoms with Crippen LogP contribution in [0.4, 0.5) is 0 Å². The van der Waals surface area contributed by atoms with Crippen LogP contribution in [0.3, 0.4) is 0 Å². The molecule has 0 spiro atoms. The Morgan fingerprint density at radius 2 is 1.15 bits per heavy atom. The molecule has 0 radical (unpaired) electrons. The van der Waals surface area contributed by atoms with Crippen molar-refractivity contribution >= 4 is 0 Å². The number of aliphatic hydroxyl groups excluding tert-OH is 1. The van der Waals surface area contributed by atoms with E-state index in [2.05, 4.69) is 96.8 Å². The molecule has 1 atom stereocenters. The molecule has 0 heterocycles. The van der Waals surface area contributed by atoms with Crippen molar-refractivity contribution in [3.8, 4) is 0 Å². The van der Waals surface area contributed by atoms with Gasteiger partial charge in [0.05, 0.1) is 6.61 Å². The van der Waals surface area contributed by atoms with E-state index in [4.69, 9.17) is 0 Å². The highest BCUT2D eigenvalue weighted by atomic mass is 16.3. The normalized spacial score (nSPS) is 13.4. The first kappa shape index (κ1) is 19.3. The zero-order valence-electron chi connectivity index (χ0n) is 16.1. The first-order valence-electron chi connectivity index (χ1n) is 9.72. The van der Waals surface area contributed by atoms with Crippen LogP contribution < -0.4 is 0 Å². The molecule has 0 fully saturated rings. The van der Waals surface area contributed by atoms with E-state index in [0.29, 0.717) is 0 Å². The van der Waals surface area contributed by atoms with Gasteiger partial charge in [0, 0.05) is 25.0 Å². The van der Waals surface area contributed by atoms with E-state index in [1.165, 1.54) is 16.7 Å². The minimum atomic E-state index is -0.259. The lowest BCUT2D eigenvalue weighted by molar-refractivity contribution is 0.120. The summed E-state index contributed by atoms with van der Waals surface area (Å²) < 4.78 is 0. The molecule has 0 unspecified atom stereocenters. The van der Waals surface area contributed by atoms with E-state index in [0.717, 1.165) is 26.1 Å². The van der Waals surface area contributed by atoms with Gasteiger partial charge in [-0.05, 0) is 23.1 Å². The SMILES string of the molecule is CC[C@](CO)(CN(Cc1ccccc1)Cc1ccccc1)c1ccccc1. The zero-order chi connectivity index (χ0) is 19.0. The molecule has 2 heteroatoms. The molecular weight excluding hydrogens is 330 g/mol. The minimum Gasteiger partial charge on any atom is -0.395 e. The van der Waals surface area contributed by atoms with Crippen LogP contribution in [0.25, 0.3) is 0 Å². The monoisotopic (exact) mass is 359 g/mol. The Bertz CT molecular complexity index is 741. The van der Waals surface area contributed by atoms with Gasteiger partial charge in [0.15, 0.2) is 0 Å². The van der Waals surface area contributed by atoms with Crippen molar-refractivity contribution in [1.29, 1.82) is 0 Å². The van der Waals surface area contributed by atoms with Gasteiger partial charge in [0.25, 0.3) is 0 Å². The van der Waals surface area contributed by atoms with Gasteiger partial charge in [0.2, 0.25) is 0 Å². The van der Waals surface area contributed by atoms with E-state index >= 15 is 0 Å². The molecule has 27 heavy (non-hydrogen) atoms. The fourth-order valence-electron chi connectivity index (χ4n) is 3.73. The molecule has 0 aliphatic rings. The molecule has 3 rings (SSSR count). The molecule has 0 saturated carbocycles. The van der Waals surface area contributed by atoms with E-state index in [1.54, 1.807) is 0 Å². The first-order valence-corrected chi connectivity index (χ1v) is 9.72. The summed E-state index contributed by atoms with van der Waals surface area (Å²) in [5, 5.41) is 10.4. The summed E-state index contributed by atoms with van der Waals surface area (Å²) in [6.07, 6.45) is 0.896. The third kappa shape index (κ3) is 5.06. The molecule has 0 amide bonds. The highest BCUT2D eigenvalue weighted by Crippen LogP contribution is 2.30. The van der Waals surface area contributed by atoms with Crippen LogP contribution in [-0.2, 0) is 18.5 Å². The Morgan fingerprint density at radius 3 is 1.56 bits per heavy atom. The van der Waals surface area contributed by atoms with Gasteiger partial charge in [-0.1, -0.05) is 97.9 Å². The smallest absolute Gasteiger partial charge is 0.0540 e. The van der Waals surface area contributed by atoms with Crippen molar-refractivity contribution in [3.63, 3.8) is 0 Å². The maximum Gasteiger partial charge on any atom is 0.0540 e. The van der Waals surface area contributed by atoms with Crippen LogP contribution in [0.1, 0.15) is 30.0 Å². The van der Waals surface area contributed by atoms with Crippen LogP contribution in [0, 0.1) is 0 Å². The number of rotatable bonds is 9. The molecular formula is C25H29NO. The summed E-state index contributed by atoms with van der Waals surface area (Å²) in [5.41, 5.74) is 3.54. The molecule has 140 valence electrons. The summed E-state index contributed by atoms with van der Waals surface area (Å²) in [7, 11) is 0. The van der Waals surface area contributed by atoms with Crippen molar-refractivity contribution in [2.45, 2.75) is 31.8 Å². The van der Waals surface area contributed by atoms with Gasteiger partial charge < -0.3 is 5.11 Å². The molecule has 0 aromatic heterocycles. The fourth-order valence-corrected chi connectivity index (χ4v) is 3.73. The minimum absolute atomic E-state index is 0.146. The molecule has 2 nitrogen and oxygen atoms in total. The zero-order valence-corrected chi connectivity index (χ0v) is 16.1. The second-order valence-corrected chi connectivity index (χ2v) is 7.27. The second kappa shape index (κ2) is 9.50. The van der Waals surface area contributed by atoms with E-state index < -0.39 is 0 Å². The van der Waals surface area contributed by atoms with Crippen LogP contribution in [0.5, 0.6) is 0 Å². The van der Waals surface area contributed by atoms with Crippen LogP contribution >= 0.6 is 0 Å². The van der Waals surface area contributed by atoms with Gasteiger partial charge in [-0.3, -0.25) is 4.90 Å². The summed E-state index contributed by atoms with van der Waals surface area (Å²) in [5.74, 6) is 0. The number of aliphatic hydroxyl groups is 1. The van der Waals surface area contributed by atoms with Crippen molar-refractivity contribution < 1.29 is 5.11 Å². The molecule has 1 N–H and O–H groups in total. The van der Waals surface area contributed by atoms with Crippen molar-refractivity contribution in [3.05, 3.63) is 108 Å². The summed E-state index contributed by atoms with van der Waals surface area (Å²) >= 11 is 0. The number of nitrogens with zero attached hydrogens (tertiary/aromatic N) is 1. The Morgan fingerprint density at radius 1 is 0.704 bits per heavy atom. The van der Waals surface area contributed by atoms with Crippen LogP contribution in [-0.4, -0.2) is 23.2 Å². The number of benzene rings is 3. The molecule has 0 aliphatic carbocycles. The predicted octanol–water partition coefficient (Wildman–Crippen LogP) is 5.03. The topological polar surface area (TPSA) is 23.5 Å². The lowest BCUT2D eigenvalue weighted by atomic mass is 9.78. The highest BCUT2D eigenvalue weighted by Gasteiger charge is 2.32. The average molecular weight is 360 g/mol.